The van der Waals surface area contributed by atoms with Gasteiger partial charge in [0.2, 0.25) is 0 Å². The Morgan fingerprint density at radius 2 is 1.64 bits per heavy atom. The number of hydrogen-bond donors (Lipinski definition) is 1. The first-order chi connectivity index (χ1) is 6.49. The summed E-state index contributed by atoms with van der Waals surface area (Å²) in [5, 5.41) is 0. The maximum absolute atomic E-state index is 10.4. The Hall–Kier alpha value is -0.476. The summed E-state index contributed by atoms with van der Waals surface area (Å²) >= 11 is 0. The molecule has 0 radical (unpaired) electrons. The van der Waals surface area contributed by atoms with Crippen molar-refractivity contribution in [3.63, 3.8) is 0 Å². The molecule has 7 heteroatoms. The standard InChI is InChI=1S/C7H8O3S.H6OSi2/c8-11(9,10)6-7-4-2-1-3-5-7;2-1-3/h1-5H,6H2,(H,8,9,10);2-3H3. The molecule has 1 aromatic rings. The first-order valence-corrected chi connectivity index (χ1v) is 7.13. The Balaban J connectivity index is 0.000000500. The third kappa shape index (κ3) is 8.14. The van der Waals surface area contributed by atoms with Crippen molar-refractivity contribution in [1.82, 2.24) is 0 Å². The lowest BCUT2D eigenvalue weighted by Crippen LogP contribution is -2.00. The highest BCUT2D eigenvalue weighted by molar-refractivity contribution is 7.85. The van der Waals surface area contributed by atoms with Gasteiger partial charge in [0.1, 0.15) is 26.7 Å². The van der Waals surface area contributed by atoms with Crippen LogP contribution in [0.2, 0.25) is 0 Å². The summed E-state index contributed by atoms with van der Waals surface area (Å²) in [6.07, 6.45) is 0. The molecule has 0 aromatic heterocycles. The van der Waals surface area contributed by atoms with Crippen LogP contribution in [0.1, 0.15) is 5.56 Å². The van der Waals surface area contributed by atoms with Crippen LogP contribution < -0.4 is 0 Å². The summed E-state index contributed by atoms with van der Waals surface area (Å²) in [5.41, 5.74) is 0.593. The van der Waals surface area contributed by atoms with Crippen LogP contribution in [0.15, 0.2) is 30.3 Å². The number of benzene rings is 1. The van der Waals surface area contributed by atoms with Crippen molar-refractivity contribution in [3.05, 3.63) is 35.9 Å². The largest absolute Gasteiger partial charge is 0.471 e. The summed E-state index contributed by atoms with van der Waals surface area (Å²) in [6, 6.07) is 8.52. The van der Waals surface area contributed by atoms with E-state index >= 15 is 0 Å². The Morgan fingerprint density at radius 3 is 2.00 bits per heavy atom. The Labute approximate surface area is 90.1 Å². The molecule has 0 aliphatic heterocycles. The fourth-order valence-corrected chi connectivity index (χ4v) is 1.40. The van der Waals surface area contributed by atoms with Gasteiger partial charge in [-0.05, 0) is 5.56 Å². The molecule has 0 unspecified atom stereocenters. The van der Waals surface area contributed by atoms with Gasteiger partial charge in [-0.25, -0.2) is 0 Å². The molecule has 0 atom stereocenters. The van der Waals surface area contributed by atoms with Crippen molar-refractivity contribution in [2.75, 3.05) is 0 Å². The van der Waals surface area contributed by atoms with Gasteiger partial charge in [-0.2, -0.15) is 8.42 Å². The smallest absolute Gasteiger partial charge is 0.269 e. The molecule has 0 spiro atoms. The topological polar surface area (TPSA) is 63.6 Å². The molecule has 0 heterocycles. The van der Waals surface area contributed by atoms with E-state index in [1.54, 1.807) is 30.3 Å². The normalized spacial score (nSPS) is 10.6. The van der Waals surface area contributed by atoms with E-state index < -0.39 is 10.1 Å². The fourth-order valence-electron chi connectivity index (χ4n) is 0.785. The van der Waals surface area contributed by atoms with Crippen molar-refractivity contribution in [2.24, 2.45) is 0 Å². The van der Waals surface area contributed by atoms with Crippen molar-refractivity contribution in [3.8, 4) is 0 Å². The van der Waals surface area contributed by atoms with Crippen LogP contribution >= 0.6 is 0 Å². The van der Waals surface area contributed by atoms with Gasteiger partial charge >= 0.3 is 0 Å². The quantitative estimate of drug-likeness (QED) is 0.520. The van der Waals surface area contributed by atoms with Gasteiger partial charge in [0.15, 0.2) is 0 Å². The lowest BCUT2D eigenvalue weighted by atomic mass is 10.2. The SMILES string of the molecule is O=S(=O)(O)Cc1ccccc1.[SiH3]O[SiH3]. The van der Waals surface area contributed by atoms with Gasteiger partial charge in [0.05, 0.1) is 0 Å². The molecule has 0 saturated carbocycles. The van der Waals surface area contributed by atoms with Crippen molar-refractivity contribution in [2.45, 2.75) is 5.75 Å². The summed E-state index contributed by atoms with van der Waals surface area (Å²) in [4.78, 5) is 0. The first kappa shape index (κ1) is 13.5. The Morgan fingerprint density at radius 1 is 1.21 bits per heavy atom. The second-order valence-corrected chi connectivity index (χ2v) is 7.34. The average molecular weight is 250 g/mol. The zero-order valence-electron chi connectivity index (χ0n) is 8.17. The molecule has 14 heavy (non-hydrogen) atoms. The van der Waals surface area contributed by atoms with E-state index in [1.165, 1.54) is 0 Å². The van der Waals surface area contributed by atoms with E-state index in [-0.39, 0.29) is 5.75 Å². The maximum Gasteiger partial charge on any atom is 0.269 e. The van der Waals surface area contributed by atoms with Crippen LogP contribution in [0.4, 0.5) is 0 Å². The molecule has 4 nitrogen and oxygen atoms in total. The molecule has 1 N–H and O–H groups in total. The molecule has 0 aliphatic rings. The Kier molecular flexibility index (Phi) is 6.67. The minimum Gasteiger partial charge on any atom is -0.471 e. The monoisotopic (exact) mass is 250 g/mol. The molecule has 1 aromatic carbocycles. The van der Waals surface area contributed by atoms with Gasteiger partial charge in [0.25, 0.3) is 10.1 Å². The molecule has 0 amide bonds. The molecule has 0 fully saturated rings. The van der Waals surface area contributed by atoms with Crippen molar-refractivity contribution >= 4 is 31.1 Å². The summed E-state index contributed by atoms with van der Waals surface area (Å²) in [6.45, 7) is 0. The van der Waals surface area contributed by atoms with Gasteiger partial charge in [-0.3, -0.25) is 4.55 Å². The van der Waals surface area contributed by atoms with Gasteiger partial charge < -0.3 is 4.12 Å². The van der Waals surface area contributed by atoms with E-state index in [0.717, 1.165) is 21.0 Å². The van der Waals surface area contributed by atoms with Crippen molar-refractivity contribution < 1.29 is 17.1 Å². The highest BCUT2D eigenvalue weighted by Crippen LogP contribution is 2.02. The molecule has 0 aliphatic carbocycles. The van der Waals surface area contributed by atoms with E-state index in [4.69, 9.17) is 4.55 Å². The van der Waals surface area contributed by atoms with E-state index in [9.17, 15) is 8.42 Å². The zero-order valence-corrected chi connectivity index (χ0v) is 13.0. The predicted octanol–water partition coefficient (Wildman–Crippen LogP) is -1.36. The van der Waals surface area contributed by atoms with Crippen molar-refractivity contribution in [1.29, 1.82) is 0 Å². The van der Waals surface area contributed by atoms with E-state index in [0.29, 0.717) is 5.56 Å². The van der Waals surface area contributed by atoms with Crippen LogP contribution in [0, 0.1) is 0 Å². The summed E-state index contributed by atoms with van der Waals surface area (Å²) in [7, 11) is -2.02. The minimum atomic E-state index is -3.88. The fraction of sp³-hybridized carbons (Fsp3) is 0.143. The lowest BCUT2D eigenvalue weighted by molar-refractivity contribution is 0.482. The molecule has 0 saturated heterocycles. The minimum absolute atomic E-state index is 0.312. The first-order valence-electron chi connectivity index (χ1n) is 3.89. The molecule has 80 valence electrons. The zero-order chi connectivity index (χ0) is 11.0. The second-order valence-electron chi connectivity index (χ2n) is 2.62. The van der Waals surface area contributed by atoms with Gasteiger partial charge in [-0.15, -0.1) is 0 Å². The average Bonchev–Trinajstić information content (AvgIpc) is 2.04. The van der Waals surface area contributed by atoms with Crippen LogP contribution in [0.5, 0.6) is 0 Å². The highest BCUT2D eigenvalue weighted by atomic mass is 32.2. The van der Waals surface area contributed by atoms with Crippen LogP contribution in [0.25, 0.3) is 0 Å². The lowest BCUT2D eigenvalue weighted by Gasteiger charge is -1.95. The second kappa shape index (κ2) is 6.90. The van der Waals surface area contributed by atoms with Crippen LogP contribution in [-0.4, -0.2) is 33.9 Å². The van der Waals surface area contributed by atoms with Crippen LogP contribution in [0.3, 0.4) is 0 Å². The Bertz CT molecular complexity index is 338. The molecular weight excluding hydrogens is 236 g/mol. The predicted molar refractivity (Wildman–Crippen MR) is 62.7 cm³/mol. The number of rotatable bonds is 2. The van der Waals surface area contributed by atoms with Gasteiger partial charge in [-0.1, -0.05) is 30.3 Å². The van der Waals surface area contributed by atoms with E-state index in [1.807, 2.05) is 0 Å². The summed E-state index contributed by atoms with van der Waals surface area (Å²) in [5.74, 6) is -0.312. The van der Waals surface area contributed by atoms with Crippen LogP contribution in [-0.2, 0) is 20.0 Å². The summed E-state index contributed by atoms with van der Waals surface area (Å²) < 4.78 is 33.7. The third-order valence-corrected chi connectivity index (χ3v) is 1.89. The maximum atomic E-state index is 10.4. The molecule has 1 rings (SSSR count). The van der Waals surface area contributed by atoms with E-state index in [2.05, 4.69) is 4.12 Å². The van der Waals surface area contributed by atoms with Gasteiger partial charge in [0, 0.05) is 0 Å². The molecule has 0 bridgehead atoms. The number of hydrogen-bond acceptors (Lipinski definition) is 3. The highest BCUT2D eigenvalue weighted by Gasteiger charge is 2.04. The molecular formula is C7H14O4SSi2. The third-order valence-electron chi connectivity index (χ3n) is 1.19.